The molecule has 6 heteroatoms. The predicted molar refractivity (Wildman–Crippen MR) is 60.2 cm³/mol. The van der Waals surface area contributed by atoms with Gasteiger partial charge in [-0.25, -0.2) is 0 Å². The fourth-order valence-electron chi connectivity index (χ4n) is 1.48. The van der Waals surface area contributed by atoms with Crippen LogP contribution in [0.4, 0.5) is 0 Å². The molecular weight excluding hydrogens is 226 g/mol. The van der Waals surface area contributed by atoms with Gasteiger partial charge >= 0.3 is 5.97 Å². The molecule has 1 heterocycles. The SMILES string of the molecule is CC[C@H](Sc1nncn1C1CC1)C(=O)OC. The third kappa shape index (κ3) is 2.37. The molecule has 16 heavy (non-hydrogen) atoms. The van der Waals surface area contributed by atoms with E-state index in [0.29, 0.717) is 6.04 Å². The maximum atomic E-state index is 11.5. The lowest BCUT2D eigenvalue weighted by molar-refractivity contribution is -0.140. The van der Waals surface area contributed by atoms with Crippen molar-refractivity contribution in [2.24, 2.45) is 0 Å². The fraction of sp³-hybridized carbons (Fsp3) is 0.700. The summed E-state index contributed by atoms with van der Waals surface area (Å²) in [6.45, 7) is 1.96. The van der Waals surface area contributed by atoms with Crippen LogP contribution in [0.2, 0.25) is 0 Å². The van der Waals surface area contributed by atoms with Crippen LogP contribution in [0.15, 0.2) is 11.5 Å². The predicted octanol–water partition coefficient (Wildman–Crippen LogP) is 1.66. The van der Waals surface area contributed by atoms with Crippen molar-refractivity contribution in [1.29, 1.82) is 0 Å². The highest BCUT2D eigenvalue weighted by molar-refractivity contribution is 8.00. The van der Waals surface area contributed by atoms with Gasteiger partial charge in [-0.3, -0.25) is 4.79 Å². The first-order valence-corrected chi connectivity index (χ1v) is 6.28. The molecule has 0 amide bonds. The molecule has 1 fully saturated rings. The van der Waals surface area contributed by atoms with Gasteiger partial charge in [-0.2, -0.15) is 0 Å². The highest BCUT2D eigenvalue weighted by Gasteiger charge is 2.28. The maximum absolute atomic E-state index is 11.5. The average molecular weight is 241 g/mol. The third-order valence-electron chi connectivity index (χ3n) is 2.56. The van der Waals surface area contributed by atoms with Crippen molar-refractivity contribution in [3.05, 3.63) is 6.33 Å². The molecule has 88 valence electrons. The number of hydrogen-bond acceptors (Lipinski definition) is 5. The van der Waals surface area contributed by atoms with Crippen molar-refractivity contribution in [1.82, 2.24) is 14.8 Å². The molecule has 0 bridgehead atoms. The van der Waals surface area contributed by atoms with Gasteiger partial charge in [-0.1, -0.05) is 18.7 Å². The number of aromatic nitrogens is 3. The second kappa shape index (κ2) is 4.86. The first kappa shape index (κ1) is 11.4. The minimum atomic E-state index is -0.196. The molecule has 0 unspecified atom stereocenters. The molecule has 1 atom stereocenters. The van der Waals surface area contributed by atoms with Crippen molar-refractivity contribution in [2.75, 3.05) is 7.11 Å². The smallest absolute Gasteiger partial charge is 0.319 e. The number of thioether (sulfide) groups is 1. The summed E-state index contributed by atoms with van der Waals surface area (Å²) in [4.78, 5) is 11.5. The third-order valence-corrected chi connectivity index (χ3v) is 3.88. The lowest BCUT2D eigenvalue weighted by atomic mass is 10.3. The van der Waals surface area contributed by atoms with E-state index in [9.17, 15) is 4.79 Å². The van der Waals surface area contributed by atoms with Crippen LogP contribution in [0.5, 0.6) is 0 Å². The van der Waals surface area contributed by atoms with Gasteiger partial charge in [-0.15, -0.1) is 10.2 Å². The first-order chi connectivity index (χ1) is 7.76. The monoisotopic (exact) mass is 241 g/mol. The first-order valence-electron chi connectivity index (χ1n) is 5.40. The second-order valence-electron chi connectivity index (χ2n) is 3.79. The summed E-state index contributed by atoms with van der Waals surface area (Å²) in [5.74, 6) is -0.196. The van der Waals surface area contributed by atoms with Crippen molar-refractivity contribution in [2.45, 2.75) is 42.6 Å². The molecule has 1 saturated carbocycles. The molecule has 0 spiro atoms. The van der Waals surface area contributed by atoms with Gasteiger partial charge in [0.15, 0.2) is 5.16 Å². The Kier molecular flexibility index (Phi) is 3.48. The number of nitrogens with zero attached hydrogens (tertiary/aromatic N) is 3. The molecule has 0 aromatic carbocycles. The Hall–Kier alpha value is -1.04. The Morgan fingerprint density at radius 1 is 1.75 bits per heavy atom. The molecule has 5 nitrogen and oxygen atoms in total. The highest BCUT2D eigenvalue weighted by atomic mass is 32.2. The van der Waals surface area contributed by atoms with E-state index in [1.54, 1.807) is 6.33 Å². The van der Waals surface area contributed by atoms with Crippen LogP contribution in [0, 0.1) is 0 Å². The van der Waals surface area contributed by atoms with Crippen molar-refractivity contribution in [3.63, 3.8) is 0 Å². The standard InChI is InChI=1S/C10H15N3O2S/c1-3-8(9(14)15-2)16-10-12-11-6-13(10)7-4-5-7/h6-8H,3-5H2,1-2H3/t8-/m0/s1. The second-order valence-corrected chi connectivity index (χ2v) is 4.96. The Morgan fingerprint density at radius 3 is 3.06 bits per heavy atom. The quantitative estimate of drug-likeness (QED) is 0.579. The molecule has 1 aliphatic rings. The number of methoxy groups -OCH3 is 1. The van der Waals surface area contributed by atoms with Crippen LogP contribution in [0.25, 0.3) is 0 Å². The zero-order chi connectivity index (χ0) is 11.5. The Balaban J connectivity index is 2.06. The number of ether oxygens (including phenoxy) is 1. The van der Waals surface area contributed by atoms with E-state index >= 15 is 0 Å². The molecule has 0 N–H and O–H groups in total. The van der Waals surface area contributed by atoms with Crippen LogP contribution >= 0.6 is 11.8 Å². The molecule has 2 rings (SSSR count). The van der Waals surface area contributed by atoms with Crippen LogP contribution < -0.4 is 0 Å². The van der Waals surface area contributed by atoms with E-state index in [1.807, 2.05) is 6.92 Å². The van der Waals surface area contributed by atoms with E-state index < -0.39 is 0 Å². The number of carbonyl (C=O) groups is 1. The largest absolute Gasteiger partial charge is 0.468 e. The normalized spacial score (nSPS) is 17.1. The van der Waals surface area contributed by atoms with Crippen LogP contribution in [-0.4, -0.2) is 33.1 Å². The van der Waals surface area contributed by atoms with Gasteiger partial charge in [0.2, 0.25) is 0 Å². The molecule has 0 aliphatic heterocycles. The van der Waals surface area contributed by atoms with E-state index in [2.05, 4.69) is 14.8 Å². The van der Waals surface area contributed by atoms with E-state index in [-0.39, 0.29) is 11.2 Å². The van der Waals surface area contributed by atoms with Crippen LogP contribution in [-0.2, 0) is 9.53 Å². The maximum Gasteiger partial charge on any atom is 0.319 e. The van der Waals surface area contributed by atoms with E-state index in [1.165, 1.54) is 31.7 Å². The van der Waals surface area contributed by atoms with Gasteiger partial charge in [-0.05, 0) is 19.3 Å². The Labute approximate surface area is 98.6 Å². The molecule has 1 aromatic heterocycles. The Bertz CT molecular complexity index is 376. The molecule has 0 saturated heterocycles. The average Bonchev–Trinajstić information content (AvgIpc) is 3.05. The summed E-state index contributed by atoms with van der Waals surface area (Å²) in [5.41, 5.74) is 0. The molecule has 1 aliphatic carbocycles. The van der Waals surface area contributed by atoms with Crippen molar-refractivity contribution >= 4 is 17.7 Å². The van der Waals surface area contributed by atoms with Crippen molar-refractivity contribution in [3.8, 4) is 0 Å². The van der Waals surface area contributed by atoms with Gasteiger partial charge in [0.1, 0.15) is 11.6 Å². The van der Waals surface area contributed by atoms with Gasteiger partial charge in [0.25, 0.3) is 0 Å². The van der Waals surface area contributed by atoms with Gasteiger partial charge in [0.05, 0.1) is 7.11 Å². The van der Waals surface area contributed by atoms with Crippen LogP contribution in [0.3, 0.4) is 0 Å². The fourth-order valence-corrected chi connectivity index (χ4v) is 2.50. The summed E-state index contributed by atoms with van der Waals surface area (Å²) in [6, 6.07) is 0.535. The summed E-state index contributed by atoms with van der Waals surface area (Å²) < 4.78 is 6.80. The molecular formula is C10H15N3O2S. The number of rotatable bonds is 5. The van der Waals surface area contributed by atoms with Gasteiger partial charge in [0, 0.05) is 6.04 Å². The summed E-state index contributed by atoms with van der Waals surface area (Å²) in [5, 5.41) is 8.58. The van der Waals surface area contributed by atoms with Gasteiger partial charge < -0.3 is 9.30 Å². The highest BCUT2D eigenvalue weighted by Crippen LogP contribution is 2.38. The molecule has 0 radical (unpaired) electrons. The van der Waals surface area contributed by atoms with Crippen molar-refractivity contribution < 1.29 is 9.53 Å². The number of esters is 1. The van der Waals surface area contributed by atoms with E-state index in [4.69, 9.17) is 4.74 Å². The summed E-state index contributed by atoms with van der Waals surface area (Å²) in [7, 11) is 1.41. The minimum absolute atomic E-state index is 0.188. The van der Waals surface area contributed by atoms with Crippen LogP contribution in [0.1, 0.15) is 32.2 Å². The topological polar surface area (TPSA) is 57.0 Å². The van der Waals surface area contributed by atoms with E-state index in [0.717, 1.165) is 11.6 Å². The zero-order valence-corrected chi connectivity index (χ0v) is 10.2. The zero-order valence-electron chi connectivity index (χ0n) is 9.42. The minimum Gasteiger partial charge on any atom is -0.468 e. The number of carbonyl (C=O) groups excluding carboxylic acids is 1. The summed E-state index contributed by atoms with van der Waals surface area (Å²) in [6.07, 6.45) is 4.83. The Morgan fingerprint density at radius 2 is 2.50 bits per heavy atom. The summed E-state index contributed by atoms with van der Waals surface area (Å²) >= 11 is 1.44. The lowest BCUT2D eigenvalue weighted by Crippen LogP contribution is -2.18. The lowest BCUT2D eigenvalue weighted by Gasteiger charge is -2.11. The number of hydrogen-bond donors (Lipinski definition) is 0. The molecule has 1 aromatic rings.